The Balaban J connectivity index is 1.58. The van der Waals surface area contributed by atoms with Crippen molar-refractivity contribution in [2.45, 2.75) is 11.6 Å². The smallest absolute Gasteiger partial charge is 0.416 e. The first-order chi connectivity index (χ1) is 14.3. The van der Waals surface area contributed by atoms with Crippen LogP contribution in [-0.4, -0.2) is 17.6 Å². The first kappa shape index (κ1) is 20.1. The molecular weight excluding hydrogens is 417 g/mol. The van der Waals surface area contributed by atoms with Gasteiger partial charge in [-0.3, -0.25) is 14.5 Å². The van der Waals surface area contributed by atoms with Crippen molar-refractivity contribution in [2.75, 3.05) is 16.0 Å². The van der Waals surface area contributed by atoms with Crippen molar-refractivity contribution in [3.63, 3.8) is 0 Å². The summed E-state index contributed by atoms with van der Waals surface area (Å²) in [5.74, 6) is -0.242. The molecule has 1 atom stereocenters. The van der Waals surface area contributed by atoms with Gasteiger partial charge in [-0.1, -0.05) is 12.1 Å². The number of carbonyl (C=O) groups is 2. The van der Waals surface area contributed by atoms with Crippen LogP contribution in [0.25, 0.3) is 0 Å². The number of thioether (sulfide) groups is 1. The summed E-state index contributed by atoms with van der Waals surface area (Å²) >= 11 is 1.36. The molecule has 1 aliphatic heterocycles. The number of halogens is 3. The first-order valence-corrected chi connectivity index (χ1v) is 9.93. The quantitative estimate of drug-likeness (QED) is 0.605. The number of benzene rings is 2. The monoisotopic (exact) mass is 432 g/mol. The molecule has 3 aromatic rings. The van der Waals surface area contributed by atoms with Crippen molar-refractivity contribution < 1.29 is 27.2 Å². The highest BCUT2D eigenvalue weighted by Crippen LogP contribution is 2.43. The Hall–Kier alpha value is -3.20. The summed E-state index contributed by atoms with van der Waals surface area (Å²) in [5.41, 5.74) is 0.863. The lowest BCUT2D eigenvalue weighted by atomic mass is 10.1. The van der Waals surface area contributed by atoms with E-state index in [1.54, 1.807) is 30.3 Å². The van der Waals surface area contributed by atoms with Crippen LogP contribution in [0, 0.1) is 0 Å². The highest BCUT2D eigenvalue weighted by molar-refractivity contribution is 8.00. The number of rotatable bonds is 4. The molecule has 4 rings (SSSR count). The second-order valence-electron chi connectivity index (χ2n) is 6.53. The number of hydrogen-bond acceptors (Lipinski definition) is 4. The van der Waals surface area contributed by atoms with Crippen molar-refractivity contribution in [3.8, 4) is 0 Å². The lowest BCUT2D eigenvalue weighted by Crippen LogP contribution is -2.28. The first-order valence-electron chi connectivity index (χ1n) is 8.89. The van der Waals surface area contributed by atoms with Crippen LogP contribution in [0.5, 0.6) is 0 Å². The molecule has 0 saturated carbocycles. The Morgan fingerprint density at radius 2 is 1.87 bits per heavy atom. The fraction of sp³-hybridized carbons (Fsp3) is 0.143. The second-order valence-corrected chi connectivity index (χ2v) is 7.60. The number of anilines is 2. The maximum absolute atomic E-state index is 12.8. The fourth-order valence-electron chi connectivity index (χ4n) is 3.13. The van der Waals surface area contributed by atoms with Crippen molar-refractivity contribution >= 4 is 35.0 Å². The third kappa shape index (κ3) is 4.06. The third-order valence-electron chi connectivity index (χ3n) is 4.52. The van der Waals surface area contributed by atoms with Crippen LogP contribution < -0.4 is 10.2 Å². The summed E-state index contributed by atoms with van der Waals surface area (Å²) in [5, 5.41) is 2.31. The molecule has 154 valence electrons. The van der Waals surface area contributed by atoms with E-state index in [0.717, 1.165) is 17.7 Å². The van der Waals surface area contributed by atoms with Gasteiger partial charge in [0.25, 0.3) is 5.91 Å². The molecule has 0 aliphatic carbocycles. The van der Waals surface area contributed by atoms with Gasteiger partial charge >= 0.3 is 6.18 Å². The summed E-state index contributed by atoms with van der Waals surface area (Å²) in [6, 6.07) is 14.6. The SMILES string of the molecule is O=C(Nc1cccc(C2SCC(=O)N2c2ccc(C(F)(F)F)cc2)c1)c1ccco1. The summed E-state index contributed by atoms with van der Waals surface area (Å²) < 4.78 is 43.6. The minimum absolute atomic E-state index is 0.164. The van der Waals surface area contributed by atoms with Crippen molar-refractivity contribution in [1.82, 2.24) is 0 Å². The van der Waals surface area contributed by atoms with Crippen molar-refractivity contribution in [3.05, 3.63) is 83.8 Å². The Kier molecular flexibility index (Phi) is 5.29. The normalized spacial score (nSPS) is 16.7. The molecule has 1 N–H and O–H groups in total. The zero-order chi connectivity index (χ0) is 21.3. The molecule has 2 amide bonds. The van der Waals surface area contributed by atoms with Gasteiger partial charge in [-0.05, 0) is 54.1 Å². The number of nitrogens with one attached hydrogen (secondary N) is 1. The third-order valence-corrected chi connectivity index (χ3v) is 5.73. The van der Waals surface area contributed by atoms with Crippen molar-refractivity contribution in [2.24, 2.45) is 0 Å². The van der Waals surface area contributed by atoms with E-state index in [1.807, 2.05) is 0 Å². The van der Waals surface area contributed by atoms with Gasteiger partial charge in [0, 0.05) is 11.4 Å². The molecule has 1 aliphatic rings. The number of carbonyl (C=O) groups excluding carboxylic acids is 2. The maximum Gasteiger partial charge on any atom is 0.416 e. The zero-order valence-corrected chi connectivity index (χ0v) is 16.2. The Labute approximate surface area is 173 Å². The molecule has 9 heteroatoms. The molecule has 1 unspecified atom stereocenters. The van der Waals surface area contributed by atoms with E-state index in [2.05, 4.69) is 5.32 Å². The van der Waals surface area contributed by atoms with E-state index < -0.39 is 23.0 Å². The number of hydrogen-bond donors (Lipinski definition) is 1. The van der Waals surface area contributed by atoms with E-state index >= 15 is 0 Å². The average Bonchev–Trinajstić information content (AvgIpc) is 3.38. The van der Waals surface area contributed by atoms with Crippen LogP contribution >= 0.6 is 11.8 Å². The van der Waals surface area contributed by atoms with Gasteiger partial charge < -0.3 is 9.73 Å². The molecule has 0 spiro atoms. The minimum atomic E-state index is -4.44. The van der Waals surface area contributed by atoms with Gasteiger partial charge in [0.15, 0.2) is 5.76 Å². The van der Waals surface area contributed by atoms with Gasteiger partial charge in [-0.15, -0.1) is 11.8 Å². The standard InChI is InChI=1S/C21H15F3N2O3S/c22-21(23,24)14-6-8-16(9-7-14)26-18(27)12-30-20(26)13-3-1-4-15(11-13)25-19(28)17-5-2-10-29-17/h1-11,20H,12H2,(H,25,28). The van der Waals surface area contributed by atoms with Gasteiger partial charge in [0.05, 0.1) is 17.6 Å². The van der Waals surface area contributed by atoms with Gasteiger partial charge in [0.2, 0.25) is 5.91 Å². The highest BCUT2D eigenvalue weighted by Gasteiger charge is 2.35. The molecule has 5 nitrogen and oxygen atoms in total. The molecule has 1 fully saturated rings. The number of amides is 2. The zero-order valence-electron chi connectivity index (χ0n) is 15.3. The van der Waals surface area contributed by atoms with Crippen molar-refractivity contribution in [1.29, 1.82) is 0 Å². The summed E-state index contributed by atoms with van der Waals surface area (Å²) in [6.45, 7) is 0. The summed E-state index contributed by atoms with van der Waals surface area (Å²) in [4.78, 5) is 26.1. The highest BCUT2D eigenvalue weighted by atomic mass is 32.2. The largest absolute Gasteiger partial charge is 0.459 e. The van der Waals surface area contributed by atoms with Crippen LogP contribution in [0.15, 0.2) is 71.3 Å². The minimum Gasteiger partial charge on any atom is -0.459 e. The topological polar surface area (TPSA) is 62.6 Å². The average molecular weight is 432 g/mol. The van der Waals surface area contributed by atoms with E-state index in [1.165, 1.54) is 41.1 Å². The van der Waals surface area contributed by atoms with Crippen LogP contribution in [0.4, 0.5) is 24.5 Å². The Morgan fingerprint density at radius 3 is 2.53 bits per heavy atom. The molecule has 2 aromatic carbocycles. The van der Waals surface area contributed by atoms with Crippen LogP contribution in [0.1, 0.15) is 27.1 Å². The van der Waals surface area contributed by atoms with E-state index in [9.17, 15) is 22.8 Å². The second kappa shape index (κ2) is 7.91. The number of alkyl halides is 3. The lowest BCUT2D eigenvalue weighted by Gasteiger charge is -2.25. The molecule has 1 saturated heterocycles. The predicted octanol–water partition coefficient (Wildman–Crippen LogP) is 5.33. The summed E-state index contributed by atoms with van der Waals surface area (Å²) in [7, 11) is 0. The van der Waals surface area contributed by atoms with E-state index in [-0.39, 0.29) is 17.4 Å². The van der Waals surface area contributed by atoms with Crippen LogP contribution in [0.3, 0.4) is 0 Å². The fourth-order valence-corrected chi connectivity index (χ4v) is 4.30. The van der Waals surface area contributed by atoms with Crippen LogP contribution in [0.2, 0.25) is 0 Å². The molecule has 1 aromatic heterocycles. The van der Waals surface area contributed by atoms with Gasteiger partial charge in [-0.2, -0.15) is 13.2 Å². The molecule has 0 radical (unpaired) electrons. The number of furan rings is 1. The Bertz CT molecular complexity index is 1070. The molecule has 2 heterocycles. The summed E-state index contributed by atoms with van der Waals surface area (Å²) in [6.07, 6.45) is -3.05. The molecule has 0 bridgehead atoms. The lowest BCUT2D eigenvalue weighted by molar-refractivity contribution is -0.137. The van der Waals surface area contributed by atoms with Gasteiger partial charge in [0.1, 0.15) is 5.37 Å². The maximum atomic E-state index is 12.8. The van der Waals surface area contributed by atoms with Crippen LogP contribution in [-0.2, 0) is 11.0 Å². The molecular formula is C21H15F3N2O3S. The van der Waals surface area contributed by atoms with E-state index in [0.29, 0.717) is 11.4 Å². The Morgan fingerprint density at radius 1 is 1.10 bits per heavy atom. The number of nitrogens with zero attached hydrogens (tertiary/aromatic N) is 1. The van der Waals surface area contributed by atoms with Gasteiger partial charge in [-0.25, -0.2) is 0 Å². The predicted molar refractivity (Wildman–Crippen MR) is 107 cm³/mol. The van der Waals surface area contributed by atoms with E-state index in [4.69, 9.17) is 4.42 Å². The molecule has 30 heavy (non-hydrogen) atoms.